The Balaban J connectivity index is 1.92. The molecule has 0 aliphatic rings. The minimum atomic E-state index is -0.287. The van der Waals surface area contributed by atoms with Crippen LogP contribution in [-0.2, 0) is 0 Å². The van der Waals surface area contributed by atoms with E-state index in [2.05, 4.69) is 61.4 Å². The fraction of sp³-hybridized carbons (Fsp3) is 0.250. The number of nitrogens with zero attached hydrogens (tertiary/aromatic N) is 5. The molecule has 0 bridgehead atoms. The van der Waals surface area contributed by atoms with Gasteiger partial charge in [-0.25, -0.2) is 9.97 Å². The van der Waals surface area contributed by atoms with Gasteiger partial charge < -0.3 is 4.74 Å². The number of benzene rings is 1. The SMILES string of the molecule is C=C/C=C(\C=C(C)C)C(C)(C)COc1ncc(C#N)c(-n2cnc3ccccc32)n1. The summed E-state index contributed by atoms with van der Waals surface area (Å²) in [5, 5.41) is 9.53. The van der Waals surface area contributed by atoms with Crippen LogP contribution in [0.3, 0.4) is 0 Å². The predicted molar refractivity (Wildman–Crippen MR) is 118 cm³/mol. The molecule has 0 saturated carbocycles. The van der Waals surface area contributed by atoms with Crippen molar-refractivity contribution in [2.75, 3.05) is 6.61 Å². The van der Waals surface area contributed by atoms with Gasteiger partial charge in [-0.1, -0.05) is 56.4 Å². The monoisotopic (exact) mass is 399 g/mol. The van der Waals surface area contributed by atoms with E-state index in [0.717, 1.165) is 16.6 Å². The number of aromatic nitrogens is 4. The molecule has 0 saturated heterocycles. The zero-order valence-corrected chi connectivity index (χ0v) is 17.8. The third-order valence-electron chi connectivity index (χ3n) is 4.63. The van der Waals surface area contributed by atoms with Gasteiger partial charge in [0, 0.05) is 5.41 Å². The summed E-state index contributed by atoms with van der Waals surface area (Å²) < 4.78 is 7.74. The Hall–Kier alpha value is -3.72. The molecule has 2 heterocycles. The van der Waals surface area contributed by atoms with E-state index in [-0.39, 0.29) is 11.4 Å². The Kier molecular flexibility index (Phi) is 6.12. The molecule has 0 aliphatic carbocycles. The minimum absolute atomic E-state index is 0.213. The fourth-order valence-electron chi connectivity index (χ4n) is 3.05. The lowest BCUT2D eigenvalue weighted by Gasteiger charge is -2.26. The predicted octanol–water partition coefficient (Wildman–Crippen LogP) is 5.17. The second kappa shape index (κ2) is 8.75. The van der Waals surface area contributed by atoms with E-state index >= 15 is 0 Å². The average molecular weight is 399 g/mol. The Morgan fingerprint density at radius 1 is 1.27 bits per heavy atom. The summed E-state index contributed by atoms with van der Waals surface area (Å²) in [4.78, 5) is 13.1. The fourth-order valence-corrected chi connectivity index (χ4v) is 3.05. The summed E-state index contributed by atoms with van der Waals surface area (Å²) in [6.07, 6.45) is 9.01. The third-order valence-corrected chi connectivity index (χ3v) is 4.63. The van der Waals surface area contributed by atoms with Crippen LogP contribution in [0.2, 0.25) is 0 Å². The highest BCUT2D eigenvalue weighted by atomic mass is 16.5. The average Bonchev–Trinajstić information content (AvgIpc) is 3.15. The maximum absolute atomic E-state index is 9.53. The lowest BCUT2D eigenvalue weighted by Crippen LogP contribution is -2.24. The van der Waals surface area contributed by atoms with Crippen LogP contribution >= 0.6 is 0 Å². The van der Waals surface area contributed by atoms with Gasteiger partial charge in [-0.15, -0.1) is 0 Å². The largest absolute Gasteiger partial charge is 0.462 e. The maximum atomic E-state index is 9.53. The summed E-state index contributed by atoms with van der Waals surface area (Å²) in [5.74, 6) is 0.445. The molecule has 1 aromatic carbocycles. The van der Waals surface area contributed by atoms with Gasteiger partial charge in [0.15, 0.2) is 5.82 Å². The number of rotatable bonds is 7. The summed E-state index contributed by atoms with van der Waals surface area (Å²) in [5.41, 5.74) is 4.04. The lowest BCUT2D eigenvalue weighted by atomic mass is 9.83. The van der Waals surface area contributed by atoms with Crippen molar-refractivity contribution in [3.05, 3.63) is 78.3 Å². The Bertz CT molecular complexity index is 1170. The molecule has 6 heteroatoms. The zero-order valence-electron chi connectivity index (χ0n) is 17.8. The Morgan fingerprint density at radius 3 is 2.73 bits per heavy atom. The van der Waals surface area contributed by atoms with Gasteiger partial charge in [-0.05, 0) is 31.6 Å². The molecular weight excluding hydrogens is 374 g/mol. The van der Waals surface area contributed by atoms with Gasteiger partial charge in [0.1, 0.15) is 24.6 Å². The van der Waals surface area contributed by atoms with Gasteiger partial charge in [0.25, 0.3) is 0 Å². The zero-order chi connectivity index (χ0) is 21.7. The highest BCUT2D eigenvalue weighted by molar-refractivity contribution is 5.77. The van der Waals surface area contributed by atoms with Crippen molar-refractivity contribution in [1.82, 2.24) is 19.5 Å². The summed E-state index contributed by atoms with van der Waals surface area (Å²) in [6.45, 7) is 12.5. The Labute approximate surface area is 176 Å². The van der Waals surface area contributed by atoms with Crippen LogP contribution in [0.4, 0.5) is 0 Å². The highest BCUT2D eigenvalue weighted by Gasteiger charge is 2.24. The molecule has 0 aliphatic heterocycles. The number of nitriles is 1. The van der Waals surface area contributed by atoms with Crippen molar-refractivity contribution < 1.29 is 4.74 Å². The molecule has 0 spiro atoms. The van der Waals surface area contributed by atoms with E-state index < -0.39 is 0 Å². The first-order valence-electron chi connectivity index (χ1n) is 9.66. The normalized spacial score (nSPS) is 11.8. The number of imidazole rings is 1. The van der Waals surface area contributed by atoms with Crippen LogP contribution in [0.25, 0.3) is 16.9 Å². The molecule has 0 N–H and O–H groups in total. The lowest BCUT2D eigenvalue weighted by molar-refractivity contribution is 0.199. The molecule has 30 heavy (non-hydrogen) atoms. The van der Waals surface area contributed by atoms with Gasteiger partial charge >= 0.3 is 6.01 Å². The van der Waals surface area contributed by atoms with Crippen LogP contribution < -0.4 is 4.74 Å². The third kappa shape index (κ3) is 4.47. The minimum Gasteiger partial charge on any atom is -0.462 e. The standard InChI is InChI=1S/C24H25N5O/c1-6-9-19(12-17(2)3)24(4,5)15-30-23-26-14-18(13-25)22(28-23)29-16-27-20-10-7-8-11-21(20)29/h6-12,14,16H,1,15H2,2-5H3/b19-9+. The van der Waals surface area contributed by atoms with Crippen molar-refractivity contribution >= 4 is 11.0 Å². The second-order valence-corrected chi connectivity index (χ2v) is 7.86. The number of fused-ring (bicyclic) bond motifs is 1. The van der Waals surface area contributed by atoms with Crippen LogP contribution in [0.1, 0.15) is 33.3 Å². The van der Waals surface area contributed by atoms with E-state index in [0.29, 0.717) is 18.0 Å². The van der Waals surface area contributed by atoms with Crippen molar-refractivity contribution in [3.63, 3.8) is 0 Å². The number of para-hydroxylation sites is 2. The van der Waals surface area contributed by atoms with Gasteiger partial charge in [-0.2, -0.15) is 10.2 Å². The maximum Gasteiger partial charge on any atom is 0.318 e. The highest BCUT2D eigenvalue weighted by Crippen LogP contribution is 2.29. The summed E-state index contributed by atoms with van der Waals surface area (Å²) in [7, 11) is 0. The molecule has 152 valence electrons. The number of allylic oxidation sites excluding steroid dienone is 4. The summed E-state index contributed by atoms with van der Waals surface area (Å²) >= 11 is 0. The van der Waals surface area contributed by atoms with E-state index in [4.69, 9.17) is 4.74 Å². The first-order chi connectivity index (χ1) is 14.4. The van der Waals surface area contributed by atoms with Crippen molar-refractivity contribution in [2.45, 2.75) is 27.7 Å². The van der Waals surface area contributed by atoms with Crippen LogP contribution in [-0.4, -0.2) is 26.1 Å². The van der Waals surface area contributed by atoms with Crippen LogP contribution in [0.5, 0.6) is 6.01 Å². The number of hydrogen-bond acceptors (Lipinski definition) is 5. The Morgan fingerprint density at radius 2 is 2.03 bits per heavy atom. The van der Waals surface area contributed by atoms with Crippen molar-refractivity contribution in [3.8, 4) is 17.9 Å². The molecule has 0 amide bonds. The molecule has 2 aromatic heterocycles. The second-order valence-electron chi connectivity index (χ2n) is 7.86. The molecular formula is C24H25N5O. The topological polar surface area (TPSA) is 76.6 Å². The number of ether oxygens (including phenoxy) is 1. The summed E-state index contributed by atoms with van der Waals surface area (Å²) in [6, 6.07) is 10.0. The van der Waals surface area contributed by atoms with E-state index in [1.165, 1.54) is 11.8 Å². The van der Waals surface area contributed by atoms with Gasteiger partial charge in [0.2, 0.25) is 0 Å². The molecule has 6 nitrogen and oxygen atoms in total. The molecule has 3 rings (SSSR count). The molecule has 3 aromatic rings. The smallest absolute Gasteiger partial charge is 0.318 e. The molecule has 0 fully saturated rings. The van der Waals surface area contributed by atoms with Crippen LogP contribution in [0, 0.1) is 16.7 Å². The molecule has 0 atom stereocenters. The van der Waals surface area contributed by atoms with Crippen molar-refractivity contribution in [2.24, 2.45) is 5.41 Å². The molecule has 0 unspecified atom stereocenters. The number of hydrogen-bond donors (Lipinski definition) is 0. The molecule has 0 radical (unpaired) electrons. The van der Waals surface area contributed by atoms with Gasteiger partial charge in [0.05, 0.1) is 17.2 Å². The van der Waals surface area contributed by atoms with Crippen molar-refractivity contribution in [1.29, 1.82) is 5.26 Å². The van der Waals surface area contributed by atoms with Gasteiger partial charge in [-0.3, -0.25) is 4.57 Å². The first-order valence-corrected chi connectivity index (χ1v) is 9.66. The van der Waals surface area contributed by atoms with Crippen LogP contribution in [0.15, 0.2) is 72.7 Å². The quantitative estimate of drug-likeness (QED) is 0.512. The van der Waals surface area contributed by atoms with E-state index in [1.807, 2.05) is 30.3 Å². The van der Waals surface area contributed by atoms with E-state index in [9.17, 15) is 5.26 Å². The first kappa shape index (κ1) is 21.0. The van der Waals surface area contributed by atoms with E-state index in [1.54, 1.807) is 17.0 Å².